The maximum Gasteiger partial charge on any atom is 0.149 e. The lowest BCUT2D eigenvalue weighted by Crippen LogP contribution is -2.32. The van der Waals surface area contributed by atoms with Crippen molar-refractivity contribution in [2.24, 2.45) is 5.73 Å². The SMILES string of the molecule is NC1CCCn2c(CCN3CCCCC3)nnc21. The van der Waals surface area contributed by atoms with Crippen LogP contribution >= 0.6 is 0 Å². The number of aromatic nitrogens is 3. The summed E-state index contributed by atoms with van der Waals surface area (Å²) < 4.78 is 2.25. The van der Waals surface area contributed by atoms with Crippen LogP contribution in [0.25, 0.3) is 0 Å². The Morgan fingerprint density at radius 2 is 1.89 bits per heavy atom. The predicted molar refractivity (Wildman–Crippen MR) is 70.2 cm³/mol. The van der Waals surface area contributed by atoms with Crippen LogP contribution in [-0.2, 0) is 13.0 Å². The monoisotopic (exact) mass is 249 g/mol. The van der Waals surface area contributed by atoms with Crippen molar-refractivity contribution in [3.8, 4) is 0 Å². The number of rotatable bonds is 3. The zero-order chi connectivity index (χ0) is 12.4. The van der Waals surface area contributed by atoms with Crippen LogP contribution in [0.3, 0.4) is 0 Å². The number of likely N-dealkylation sites (tertiary alicyclic amines) is 1. The van der Waals surface area contributed by atoms with Crippen LogP contribution < -0.4 is 5.73 Å². The Morgan fingerprint density at radius 3 is 2.72 bits per heavy atom. The van der Waals surface area contributed by atoms with E-state index in [1.54, 1.807) is 0 Å². The van der Waals surface area contributed by atoms with Gasteiger partial charge in [-0.1, -0.05) is 6.42 Å². The molecule has 2 N–H and O–H groups in total. The van der Waals surface area contributed by atoms with Crippen LogP contribution in [0, 0.1) is 0 Å². The summed E-state index contributed by atoms with van der Waals surface area (Å²) in [6.07, 6.45) is 7.31. The summed E-state index contributed by atoms with van der Waals surface area (Å²) in [5, 5.41) is 8.61. The Balaban J connectivity index is 1.62. The first-order chi connectivity index (χ1) is 8.84. The highest BCUT2D eigenvalue weighted by molar-refractivity contribution is 5.03. The molecule has 3 heterocycles. The molecule has 1 aromatic heterocycles. The summed E-state index contributed by atoms with van der Waals surface area (Å²) in [4.78, 5) is 2.55. The van der Waals surface area contributed by atoms with Gasteiger partial charge in [-0.2, -0.15) is 0 Å². The van der Waals surface area contributed by atoms with E-state index in [0.29, 0.717) is 0 Å². The Morgan fingerprint density at radius 1 is 1.06 bits per heavy atom. The third-order valence-electron chi connectivity index (χ3n) is 4.18. The van der Waals surface area contributed by atoms with Crippen LogP contribution in [0.4, 0.5) is 0 Å². The van der Waals surface area contributed by atoms with Crippen molar-refractivity contribution < 1.29 is 0 Å². The number of nitrogens with zero attached hydrogens (tertiary/aromatic N) is 4. The fourth-order valence-electron chi connectivity index (χ4n) is 3.09. The van der Waals surface area contributed by atoms with E-state index >= 15 is 0 Å². The van der Waals surface area contributed by atoms with Gasteiger partial charge in [0.25, 0.3) is 0 Å². The second-order valence-corrected chi connectivity index (χ2v) is 5.53. The first-order valence-corrected chi connectivity index (χ1v) is 7.24. The van der Waals surface area contributed by atoms with Gasteiger partial charge in [0.15, 0.2) is 0 Å². The molecule has 0 spiro atoms. The van der Waals surface area contributed by atoms with E-state index in [1.807, 2.05) is 0 Å². The molecule has 5 nitrogen and oxygen atoms in total. The molecule has 0 aliphatic carbocycles. The summed E-state index contributed by atoms with van der Waals surface area (Å²) in [5.74, 6) is 2.13. The number of nitrogens with two attached hydrogens (primary N) is 1. The van der Waals surface area contributed by atoms with Gasteiger partial charge >= 0.3 is 0 Å². The highest BCUT2D eigenvalue weighted by Crippen LogP contribution is 2.22. The van der Waals surface area contributed by atoms with Gasteiger partial charge in [0, 0.05) is 19.5 Å². The van der Waals surface area contributed by atoms with Gasteiger partial charge in [-0.3, -0.25) is 0 Å². The molecule has 1 aromatic rings. The smallest absolute Gasteiger partial charge is 0.149 e. The molecule has 18 heavy (non-hydrogen) atoms. The predicted octanol–water partition coefficient (Wildman–Crippen LogP) is 1.10. The Kier molecular flexibility index (Phi) is 3.61. The molecular formula is C13H23N5. The topological polar surface area (TPSA) is 60.0 Å². The van der Waals surface area contributed by atoms with Gasteiger partial charge in [0.1, 0.15) is 11.6 Å². The third kappa shape index (κ3) is 2.42. The molecule has 1 saturated heterocycles. The molecule has 0 saturated carbocycles. The van der Waals surface area contributed by atoms with E-state index in [-0.39, 0.29) is 6.04 Å². The molecule has 1 unspecified atom stereocenters. The summed E-state index contributed by atoms with van der Waals surface area (Å²) in [5.41, 5.74) is 6.06. The minimum Gasteiger partial charge on any atom is -0.321 e. The first kappa shape index (κ1) is 12.1. The van der Waals surface area contributed by atoms with Gasteiger partial charge in [0.2, 0.25) is 0 Å². The summed E-state index contributed by atoms with van der Waals surface area (Å²) >= 11 is 0. The highest BCUT2D eigenvalue weighted by atomic mass is 15.3. The lowest BCUT2D eigenvalue weighted by atomic mass is 10.1. The van der Waals surface area contributed by atoms with E-state index in [2.05, 4.69) is 19.7 Å². The zero-order valence-corrected chi connectivity index (χ0v) is 11.0. The van der Waals surface area contributed by atoms with E-state index in [0.717, 1.165) is 44.0 Å². The van der Waals surface area contributed by atoms with Crippen LogP contribution in [0.2, 0.25) is 0 Å². The van der Waals surface area contributed by atoms with E-state index in [4.69, 9.17) is 5.73 Å². The van der Waals surface area contributed by atoms with Crippen LogP contribution in [0.1, 0.15) is 49.8 Å². The zero-order valence-electron chi connectivity index (χ0n) is 11.0. The van der Waals surface area contributed by atoms with Crippen LogP contribution in [-0.4, -0.2) is 39.3 Å². The number of hydrogen-bond donors (Lipinski definition) is 1. The average Bonchev–Trinajstić information content (AvgIpc) is 2.82. The maximum absolute atomic E-state index is 6.06. The first-order valence-electron chi connectivity index (χ1n) is 7.24. The summed E-state index contributed by atoms with van der Waals surface area (Å²) in [6.45, 7) is 4.67. The summed E-state index contributed by atoms with van der Waals surface area (Å²) in [6, 6.07) is 0.0926. The van der Waals surface area contributed by atoms with Crippen molar-refractivity contribution in [1.82, 2.24) is 19.7 Å². The van der Waals surface area contributed by atoms with Crippen molar-refractivity contribution in [3.05, 3.63) is 11.6 Å². The molecule has 5 heteroatoms. The van der Waals surface area contributed by atoms with Crippen molar-refractivity contribution >= 4 is 0 Å². The van der Waals surface area contributed by atoms with Crippen LogP contribution in [0.15, 0.2) is 0 Å². The molecule has 0 aromatic carbocycles. The molecule has 1 atom stereocenters. The second-order valence-electron chi connectivity index (χ2n) is 5.53. The van der Waals surface area contributed by atoms with Crippen molar-refractivity contribution in [2.75, 3.05) is 19.6 Å². The fraction of sp³-hybridized carbons (Fsp3) is 0.846. The largest absolute Gasteiger partial charge is 0.321 e. The number of hydrogen-bond acceptors (Lipinski definition) is 4. The molecule has 1 fully saturated rings. The lowest BCUT2D eigenvalue weighted by Gasteiger charge is -2.26. The van der Waals surface area contributed by atoms with E-state index < -0.39 is 0 Å². The number of piperidine rings is 1. The molecule has 0 bridgehead atoms. The van der Waals surface area contributed by atoms with Gasteiger partial charge in [-0.05, 0) is 38.8 Å². The Labute approximate surface area is 108 Å². The Bertz CT molecular complexity index is 394. The maximum atomic E-state index is 6.06. The van der Waals surface area contributed by atoms with Gasteiger partial charge in [0.05, 0.1) is 6.04 Å². The molecular weight excluding hydrogens is 226 g/mol. The Hall–Kier alpha value is -0.940. The number of fused-ring (bicyclic) bond motifs is 1. The minimum atomic E-state index is 0.0926. The van der Waals surface area contributed by atoms with Crippen molar-refractivity contribution in [2.45, 2.75) is 51.1 Å². The third-order valence-corrected chi connectivity index (χ3v) is 4.18. The molecule has 0 amide bonds. The molecule has 2 aliphatic heterocycles. The lowest BCUT2D eigenvalue weighted by molar-refractivity contribution is 0.229. The van der Waals surface area contributed by atoms with E-state index in [1.165, 1.54) is 32.4 Å². The molecule has 3 rings (SSSR count). The molecule has 0 radical (unpaired) electrons. The normalized spacial score (nSPS) is 25.1. The second kappa shape index (κ2) is 5.36. The standard InChI is InChI=1S/C13H23N5/c14-11-5-4-9-18-12(15-16-13(11)18)6-10-17-7-2-1-3-8-17/h11H,1-10,14H2. The van der Waals surface area contributed by atoms with Gasteiger partial charge in [-0.25, -0.2) is 0 Å². The molecule has 100 valence electrons. The minimum absolute atomic E-state index is 0.0926. The highest BCUT2D eigenvalue weighted by Gasteiger charge is 2.22. The average molecular weight is 249 g/mol. The fourth-order valence-corrected chi connectivity index (χ4v) is 3.09. The van der Waals surface area contributed by atoms with Crippen molar-refractivity contribution in [3.63, 3.8) is 0 Å². The van der Waals surface area contributed by atoms with Crippen LogP contribution in [0.5, 0.6) is 0 Å². The van der Waals surface area contributed by atoms with Gasteiger partial charge < -0.3 is 15.2 Å². The summed E-state index contributed by atoms with van der Waals surface area (Å²) in [7, 11) is 0. The van der Waals surface area contributed by atoms with Crippen molar-refractivity contribution in [1.29, 1.82) is 0 Å². The molecule has 2 aliphatic rings. The van der Waals surface area contributed by atoms with Gasteiger partial charge in [-0.15, -0.1) is 10.2 Å². The van der Waals surface area contributed by atoms with E-state index in [9.17, 15) is 0 Å². The quantitative estimate of drug-likeness (QED) is 0.871.